The number of carbonyl (C=O) groups excluding carboxylic acids is 1. The van der Waals surface area contributed by atoms with E-state index in [0.717, 1.165) is 0 Å². The number of likely N-dealkylation sites (N-methyl/N-ethyl adjacent to an activating group) is 1. The van der Waals surface area contributed by atoms with Gasteiger partial charge < -0.3 is 10.1 Å². The van der Waals surface area contributed by atoms with Crippen molar-refractivity contribution in [1.29, 1.82) is 0 Å². The van der Waals surface area contributed by atoms with Crippen molar-refractivity contribution in [2.75, 3.05) is 13.7 Å². The van der Waals surface area contributed by atoms with Gasteiger partial charge in [-0.05, 0) is 7.05 Å². The summed E-state index contributed by atoms with van der Waals surface area (Å²) in [5.74, 6) is -0.137. The lowest BCUT2D eigenvalue weighted by atomic mass is 10.2. The average molecular weight is 101 g/mol. The van der Waals surface area contributed by atoms with Crippen molar-refractivity contribution in [3.05, 3.63) is 0 Å². The SMILES string of the molecule is CN[C@H]1COC1=O. The van der Waals surface area contributed by atoms with Gasteiger partial charge in [0.2, 0.25) is 0 Å². The standard InChI is InChI=1S/C4H7NO2/c1-5-3-2-7-4(3)6/h3,5H,2H2,1H3/t3-/m0/s1. The van der Waals surface area contributed by atoms with E-state index in [1.165, 1.54) is 0 Å². The maximum atomic E-state index is 10.2. The molecule has 0 aromatic carbocycles. The van der Waals surface area contributed by atoms with Crippen LogP contribution in [0.15, 0.2) is 0 Å². The minimum atomic E-state index is -0.137. The molecule has 1 rings (SSSR count). The molecule has 0 unspecified atom stereocenters. The predicted molar refractivity (Wildman–Crippen MR) is 23.8 cm³/mol. The van der Waals surface area contributed by atoms with E-state index in [4.69, 9.17) is 0 Å². The number of ether oxygens (including phenoxy) is 1. The fraction of sp³-hybridized carbons (Fsp3) is 0.750. The maximum absolute atomic E-state index is 10.2. The van der Waals surface area contributed by atoms with Crippen molar-refractivity contribution in [3.8, 4) is 0 Å². The van der Waals surface area contributed by atoms with Crippen LogP contribution < -0.4 is 5.32 Å². The van der Waals surface area contributed by atoms with E-state index < -0.39 is 0 Å². The summed E-state index contributed by atoms with van der Waals surface area (Å²) in [5, 5.41) is 2.78. The Kier molecular flexibility index (Phi) is 0.982. The van der Waals surface area contributed by atoms with Gasteiger partial charge in [-0.15, -0.1) is 0 Å². The van der Waals surface area contributed by atoms with Gasteiger partial charge in [0, 0.05) is 0 Å². The summed E-state index contributed by atoms with van der Waals surface area (Å²) in [6, 6.07) is -0.0278. The van der Waals surface area contributed by atoms with Crippen LogP contribution in [0.1, 0.15) is 0 Å². The molecule has 1 fully saturated rings. The molecule has 7 heavy (non-hydrogen) atoms. The summed E-state index contributed by atoms with van der Waals surface area (Å²) in [4.78, 5) is 10.2. The quantitative estimate of drug-likeness (QED) is 0.436. The van der Waals surface area contributed by atoms with Gasteiger partial charge in [-0.3, -0.25) is 4.79 Å². The summed E-state index contributed by atoms with van der Waals surface area (Å²) < 4.78 is 4.43. The molecule has 3 nitrogen and oxygen atoms in total. The van der Waals surface area contributed by atoms with E-state index in [2.05, 4.69) is 10.1 Å². The van der Waals surface area contributed by atoms with Gasteiger partial charge in [-0.2, -0.15) is 0 Å². The Bertz CT molecular complexity index is 89.7. The monoisotopic (exact) mass is 101 g/mol. The van der Waals surface area contributed by atoms with Crippen LogP contribution in [0.2, 0.25) is 0 Å². The molecule has 40 valence electrons. The topological polar surface area (TPSA) is 38.3 Å². The Labute approximate surface area is 41.7 Å². The van der Waals surface area contributed by atoms with Crippen LogP contribution in [-0.2, 0) is 9.53 Å². The van der Waals surface area contributed by atoms with Gasteiger partial charge in [0.25, 0.3) is 0 Å². The Morgan fingerprint density at radius 3 is 2.71 bits per heavy atom. The van der Waals surface area contributed by atoms with Crippen LogP contribution in [-0.4, -0.2) is 25.7 Å². The minimum absolute atomic E-state index is 0.0278. The van der Waals surface area contributed by atoms with Crippen LogP contribution in [0.5, 0.6) is 0 Å². The molecule has 0 bridgehead atoms. The maximum Gasteiger partial charge on any atom is 0.326 e. The van der Waals surface area contributed by atoms with E-state index in [0.29, 0.717) is 6.61 Å². The second kappa shape index (κ2) is 1.50. The predicted octanol–water partition coefficient (Wildman–Crippen LogP) is -0.869. The van der Waals surface area contributed by atoms with Crippen LogP contribution in [0.3, 0.4) is 0 Å². The molecule has 0 saturated carbocycles. The number of hydrogen-bond acceptors (Lipinski definition) is 3. The molecule has 0 aliphatic carbocycles. The fourth-order valence-electron chi connectivity index (χ4n) is 0.436. The minimum Gasteiger partial charge on any atom is -0.462 e. The third kappa shape index (κ3) is 0.587. The van der Waals surface area contributed by atoms with Crippen molar-refractivity contribution in [2.45, 2.75) is 6.04 Å². The number of cyclic esters (lactones) is 1. The molecular weight excluding hydrogens is 94.0 g/mol. The molecular formula is C4H7NO2. The first kappa shape index (κ1) is 4.59. The first-order valence-electron chi connectivity index (χ1n) is 2.18. The fourth-order valence-corrected chi connectivity index (χ4v) is 0.436. The lowest BCUT2D eigenvalue weighted by Gasteiger charge is -2.22. The Morgan fingerprint density at radius 1 is 2.00 bits per heavy atom. The zero-order valence-corrected chi connectivity index (χ0v) is 4.10. The number of esters is 1. The Morgan fingerprint density at radius 2 is 2.71 bits per heavy atom. The molecule has 1 N–H and O–H groups in total. The zero-order chi connectivity index (χ0) is 5.28. The highest BCUT2D eigenvalue weighted by atomic mass is 16.6. The van der Waals surface area contributed by atoms with E-state index in [1.54, 1.807) is 7.05 Å². The van der Waals surface area contributed by atoms with E-state index >= 15 is 0 Å². The molecule has 1 heterocycles. The summed E-state index contributed by atoms with van der Waals surface area (Å²) in [6.45, 7) is 0.537. The molecule has 1 aliphatic rings. The van der Waals surface area contributed by atoms with Gasteiger partial charge in [-0.25, -0.2) is 0 Å². The highest BCUT2D eigenvalue weighted by Gasteiger charge is 2.28. The van der Waals surface area contributed by atoms with Gasteiger partial charge in [0.05, 0.1) is 0 Å². The number of carbonyl (C=O) groups is 1. The molecule has 0 amide bonds. The third-order valence-corrected chi connectivity index (χ3v) is 1.03. The van der Waals surface area contributed by atoms with Crippen molar-refractivity contribution >= 4 is 5.97 Å². The molecule has 1 aliphatic heterocycles. The van der Waals surface area contributed by atoms with E-state index in [-0.39, 0.29) is 12.0 Å². The molecule has 1 atom stereocenters. The molecule has 3 heteroatoms. The van der Waals surface area contributed by atoms with Crippen molar-refractivity contribution < 1.29 is 9.53 Å². The van der Waals surface area contributed by atoms with Gasteiger partial charge in [-0.1, -0.05) is 0 Å². The molecule has 0 aromatic heterocycles. The zero-order valence-electron chi connectivity index (χ0n) is 4.10. The second-order valence-corrected chi connectivity index (χ2v) is 1.47. The number of nitrogens with one attached hydrogen (secondary N) is 1. The van der Waals surface area contributed by atoms with Crippen LogP contribution >= 0.6 is 0 Å². The largest absolute Gasteiger partial charge is 0.462 e. The molecule has 1 saturated heterocycles. The normalized spacial score (nSPS) is 28.7. The first-order chi connectivity index (χ1) is 3.34. The summed E-state index contributed by atoms with van der Waals surface area (Å²) in [6.07, 6.45) is 0. The highest BCUT2D eigenvalue weighted by molar-refractivity contribution is 5.80. The van der Waals surface area contributed by atoms with Crippen LogP contribution in [0.25, 0.3) is 0 Å². The van der Waals surface area contributed by atoms with Gasteiger partial charge >= 0.3 is 5.97 Å². The van der Waals surface area contributed by atoms with Crippen LogP contribution in [0, 0.1) is 0 Å². The highest BCUT2D eigenvalue weighted by Crippen LogP contribution is 1.99. The van der Waals surface area contributed by atoms with E-state index in [9.17, 15) is 4.79 Å². The lowest BCUT2D eigenvalue weighted by Crippen LogP contribution is -2.49. The second-order valence-electron chi connectivity index (χ2n) is 1.47. The van der Waals surface area contributed by atoms with Crippen molar-refractivity contribution in [3.63, 3.8) is 0 Å². The van der Waals surface area contributed by atoms with Crippen molar-refractivity contribution in [2.24, 2.45) is 0 Å². The molecule has 0 aromatic rings. The number of rotatable bonds is 1. The van der Waals surface area contributed by atoms with Crippen LogP contribution in [0.4, 0.5) is 0 Å². The van der Waals surface area contributed by atoms with Gasteiger partial charge in [0.15, 0.2) is 0 Å². The molecule has 0 spiro atoms. The van der Waals surface area contributed by atoms with Crippen molar-refractivity contribution in [1.82, 2.24) is 5.32 Å². The summed E-state index contributed by atoms with van der Waals surface area (Å²) in [7, 11) is 1.74. The van der Waals surface area contributed by atoms with E-state index in [1.807, 2.05) is 0 Å². The molecule has 0 radical (unpaired) electrons. The Balaban J connectivity index is 2.29. The third-order valence-electron chi connectivity index (χ3n) is 1.03. The number of hydrogen-bond donors (Lipinski definition) is 1. The van der Waals surface area contributed by atoms with Gasteiger partial charge in [0.1, 0.15) is 12.6 Å². The first-order valence-corrected chi connectivity index (χ1v) is 2.18. The summed E-state index contributed by atoms with van der Waals surface area (Å²) >= 11 is 0. The summed E-state index contributed by atoms with van der Waals surface area (Å²) in [5.41, 5.74) is 0. The Hall–Kier alpha value is -0.570. The average Bonchev–Trinajstić information content (AvgIpc) is 1.65. The lowest BCUT2D eigenvalue weighted by molar-refractivity contribution is -0.162. The smallest absolute Gasteiger partial charge is 0.326 e.